The summed E-state index contributed by atoms with van der Waals surface area (Å²) in [6.07, 6.45) is 1.69. The van der Waals surface area contributed by atoms with Crippen molar-refractivity contribution in [2.75, 3.05) is 25.0 Å². The molecule has 3 aromatic heterocycles. The van der Waals surface area contributed by atoms with Gasteiger partial charge in [-0.2, -0.15) is 9.61 Å². The summed E-state index contributed by atoms with van der Waals surface area (Å²) in [5.74, 6) is 0.0630. The Hall–Kier alpha value is -3.60. The van der Waals surface area contributed by atoms with Crippen LogP contribution in [0.1, 0.15) is 5.69 Å². The van der Waals surface area contributed by atoms with E-state index in [0.29, 0.717) is 36.5 Å². The molecule has 1 aliphatic rings. The molecule has 11 heteroatoms. The second kappa shape index (κ2) is 7.02. The van der Waals surface area contributed by atoms with E-state index in [-0.39, 0.29) is 17.4 Å². The lowest BCUT2D eigenvalue weighted by Crippen LogP contribution is -2.42. The molecule has 0 saturated carbocycles. The summed E-state index contributed by atoms with van der Waals surface area (Å²) < 4.78 is 17.8. The fraction of sp³-hybridized carbons (Fsp3) is 0.316. The summed E-state index contributed by atoms with van der Waals surface area (Å²) in [6.45, 7) is 3.55. The van der Waals surface area contributed by atoms with Crippen LogP contribution in [0, 0.1) is 12.7 Å². The van der Waals surface area contributed by atoms with Gasteiger partial charge in [-0.1, -0.05) is 6.07 Å². The molecule has 1 fully saturated rings. The molecule has 0 aliphatic carbocycles. The standard InChI is InChI=1S/C19H20FN9O/c1-10-12(8-23-28(10)2)16-26-17-11-4-3-5-13(20)15(11)25-19(29(17)27-16)24-14-9-21-6-7-22-18(14)30/h3-5,8,14,21H,6-7,9H2,1-2H3,(H,22,30)(H,24,25)/t14-/m1/s1. The Balaban J connectivity index is 1.71. The molecular formula is C19H20FN9O. The highest BCUT2D eigenvalue weighted by Gasteiger charge is 2.24. The summed E-state index contributed by atoms with van der Waals surface area (Å²) in [6, 6.07) is 4.12. The number of aromatic nitrogens is 6. The van der Waals surface area contributed by atoms with Gasteiger partial charge in [0.1, 0.15) is 17.4 Å². The number of carbonyl (C=O) groups is 1. The van der Waals surface area contributed by atoms with E-state index in [0.717, 1.165) is 11.3 Å². The van der Waals surface area contributed by atoms with Gasteiger partial charge < -0.3 is 16.0 Å². The zero-order valence-electron chi connectivity index (χ0n) is 16.5. The monoisotopic (exact) mass is 409 g/mol. The Kier molecular flexibility index (Phi) is 4.31. The molecule has 1 aromatic carbocycles. The number of halogens is 1. The number of hydrogen-bond donors (Lipinski definition) is 3. The quantitative estimate of drug-likeness (QED) is 0.455. The predicted octanol–water partition coefficient (Wildman–Crippen LogP) is 0.625. The molecule has 4 aromatic rings. The van der Waals surface area contributed by atoms with Crippen molar-refractivity contribution >= 4 is 28.4 Å². The molecule has 1 aliphatic heterocycles. The third-order valence-electron chi connectivity index (χ3n) is 5.30. The number of rotatable bonds is 3. The van der Waals surface area contributed by atoms with Gasteiger partial charge >= 0.3 is 0 Å². The Morgan fingerprint density at radius 3 is 2.93 bits per heavy atom. The highest BCUT2D eigenvalue weighted by molar-refractivity contribution is 5.93. The number of nitrogens with zero attached hydrogens (tertiary/aromatic N) is 6. The fourth-order valence-corrected chi connectivity index (χ4v) is 3.53. The van der Waals surface area contributed by atoms with Crippen molar-refractivity contribution in [1.29, 1.82) is 0 Å². The molecule has 1 amide bonds. The molecule has 30 heavy (non-hydrogen) atoms. The second-order valence-corrected chi connectivity index (χ2v) is 7.20. The van der Waals surface area contributed by atoms with Gasteiger partial charge in [-0.15, -0.1) is 5.10 Å². The molecule has 0 spiro atoms. The number of nitrogens with one attached hydrogen (secondary N) is 3. The van der Waals surface area contributed by atoms with E-state index in [1.807, 2.05) is 14.0 Å². The minimum absolute atomic E-state index is 0.160. The Bertz CT molecular complexity index is 1280. The lowest BCUT2D eigenvalue weighted by Gasteiger charge is -2.16. The van der Waals surface area contributed by atoms with Crippen LogP contribution in [-0.4, -0.2) is 60.9 Å². The molecule has 0 radical (unpaired) electrons. The summed E-state index contributed by atoms with van der Waals surface area (Å²) in [5, 5.41) is 18.5. The maximum absolute atomic E-state index is 14.6. The number of anilines is 1. The molecule has 4 heterocycles. The van der Waals surface area contributed by atoms with E-state index in [1.54, 1.807) is 23.0 Å². The smallest absolute Gasteiger partial charge is 0.243 e. The zero-order valence-corrected chi connectivity index (χ0v) is 16.5. The lowest BCUT2D eigenvalue weighted by atomic mass is 10.2. The highest BCUT2D eigenvalue weighted by atomic mass is 19.1. The van der Waals surface area contributed by atoms with Gasteiger partial charge in [0, 0.05) is 37.8 Å². The van der Waals surface area contributed by atoms with Gasteiger partial charge in [-0.05, 0) is 19.1 Å². The van der Waals surface area contributed by atoms with E-state index >= 15 is 0 Å². The zero-order chi connectivity index (χ0) is 20.8. The minimum Gasteiger partial charge on any atom is -0.353 e. The van der Waals surface area contributed by atoms with Gasteiger partial charge in [0.15, 0.2) is 11.5 Å². The number of carbonyl (C=O) groups excluding carboxylic acids is 1. The molecule has 1 atom stereocenters. The van der Waals surface area contributed by atoms with E-state index in [4.69, 9.17) is 0 Å². The lowest BCUT2D eigenvalue weighted by molar-refractivity contribution is -0.121. The van der Waals surface area contributed by atoms with Crippen molar-refractivity contribution in [3.63, 3.8) is 0 Å². The molecule has 0 bridgehead atoms. The van der Waals surface area contributed by atoms with Crippen LogP contribution < -0.4 is 16.0 Å². The van der Waals surface area contributed by atoms with Gasteiger partial charge in [-0.25, -0.2) is 14.4 Å². The topological polar surface area (TPSA) is 114 Å². The number of aryl methyl sites for hydroxylation is 1. The van der Waals surface area contributed by atoms with E-state index in [2.05, 4.69) is 36.1 Å². The van der Waals surface area contributed by atoms with Crippen LogP contribution in [0.3, 0.4) is 0 Å². The second-order valence-electron chi connectivity index (χ2n) is 7.20. The van der Waals surface area contributed by atoms with Crippen molar-refractivity contribution in [3.05, 3.63) is 35.9 Å². The normalized spacial score (nSPS) is 17.3. The minimum atomic E-state index is -0.583. The number of amides is 1. The van der Waals surface area contributed by atoms with Crippen LogP contribution in [-0.2, 0) is 11.8 Å². The molecule has 154 valence electrons. The van der Waals surface area contributed by atoms with Crippen LogP contribution in [0.2, 0.25) is 0 Å². The number of hydrogen-bond acceptors (Lipinski definition) is 7. The summed E-state index contributed by atoms with van der Waals surface area (Å²) in [5.41, 5.74) is 2.28. The van der Waals surface area contributed by atoms with Crippen molar-refractivity contribution < 1.29 is 9.18 Å². The molecule has 1 saturated heterocycles. The summed E-state index contributed by atoms with van der Waals surface area (Å²) in [7, 11) is 1.84. The van der Waals surface area contributed by atoms with Gasteiger partial charge in [0.25, 0.3) is 0 Å². The van der Waals surface area contributed by atoms with E-state index in [9.17, 15) is 9.18 Å². The van der Waals surface area contributed by atoms with Crippen LogP contribution in [0.25, 0.3) is 27.9 Å². The number of para-hydroxylation sites is 1. The number of fused-ring (bicyclic) bond motifs is 3. The average Bonchev–Trinajstić information content (AvgIpc) is 3.25. The van der Waals surface area contributed by atoms with E-state index < -0.39 is 11.9 Å². The number of benzene rings is 1. The van der Waals surface area contributed by atoms with Crippen molar-refractivity contribution in [2.45, 2.75) is 13.0 Å². The third-order valence-corrected chi connectivity index (χ3v) is 5.30. The molecule has 3 N–H and O–H groups in total. The first kappa shape index (κ1) is 18.4. The van der Waals surface area contributed by atoms with Crippen molar-refractivity contribution in [3.8, 4) is 11.4 Å². The van der Waals surface area contributed by atoms with Gasteiger partial charge in [0.2, 0.25) is 11.9 Å². The van der Waals surface area contributed by atoms with Crippen LogP contribution in [0.4, 0.5) is 10.3 Å². The highest BCUT2D eigenvalue weighted by Crippen LogP contribution is 2.27. The first-order chi connectivity index (χ1) is 14.5. The van der Waals surface area contributed by atoms with Crippen molar-refractivity contribution in [1.82, 2.24) is 40.0 Å². The fourth-order valence-electron chi connectivity index (χ4n) is 3.53. The van der Waals surface area contributed by atoms with E-state index in [1.165, 1.54) is 10.6 Å². The van der Waals surface area contributed by atoms with Crippen molar-refractivity contribution in [2.24, 2.45) is 7.05 Å². The van der Waals surface area contributed by atoms with Gasteiger partial charge in [-0.3, -0.25) is 9.48 Å². The molecule has 0 unspecified atom stereocenters. The SMILES string of the molecule is Cc1c(-c2nc3c4cccc(F)c4nc(N[C@@H]4CNCCNC4=O)n3n2)cnn1C. The van der Waals surface area contributed by atoms with Crippen LogP contribution >= 0.6 is 0 Å². The molecule has 10 nitrogen and oxygen atoms in total. The maximum Gasteiger partial charge on any atom is 0.243 e. The Labute approximate surface area is 170 Å². The average molecular weight is 409 g/mol. The predicted molar refractivity (Wildman–Crippen MR) is 108 cm³/mol. The third kappa shape index (κ3) is 2.94. The Morgan fingerprint density at radius 1 is 1.27 bits per heavy atom. The summed E-state index contributed by atoms with van der Waals surface area (Å²) in [4.78, 5) is 21.5. The summed E-state index contributed by atoms with van der Waals surface area (Å²) >= 11 is 0. The van der Waals surface area contributed by atoms with Gasteiger partial charge in [0.05, 0.1) is 11.8 Å². The molecule has 5 rings (SSSR count). The first-order valence-electron chi connectivity index (χ1n) is 9.62. The van der Waals surface area contributed by atoms with Crippen LogP contribution in [0.15, 0.2) is 24.4 Å². The maximum atomic E-state index is 14.6. The first-order valence-corrected chi connectivity index (χ1v) is 9.62. The Morgan fingerprint density at radius 2 is 2.13 bits per heavy atom. The largest absolute Gasteiger partial charge is 0.353 e. The van der Waals surface area contributed by atoms with Crippen LogP contribution in [0.5, 0.6) is 0 Å². The molecular weight excluding hydrogens is 389 g/mol.